The summed E-state index contributed by atoms with van der Waals surface area (Å²) in [6.45, 7) is 8.53. The summed E-state index contributed by atoms with van der Waals surface area (Å²) in [5, 5.41) is 21.3. The Balaban J connectivity index is 0.00000243. The molecular formula is C18H32IN5O2. The zero-order valence-electron chi connectivity index (χ0n) is 16.1. The summed E-state index contributed by atoms with van der Waals surface area (Å²) in [7, 11) is 1.84. The van der Waals surface area contributed by atoms with Gasteiger partial charge >= 0.3 is 0 Å². The third kappa shape index (κ3) is 4.33. The molecule has 3 N–H and O–H groups in total. The van der Waals surface area contributed by atoms with Crippen LogP contribution in [0, 0.1) is 11.3 Å². The van der Waals surface area contributed by atoms with Crippen LogP contribution in [0.4, 0.5) is 0 Å². The van der Waals surface area contributed by atoms with Crippen molar-refractivity contribution in [2.45, 2.75) is 51.9 Å². The summed E-state index contributed by atoms with van der Waals surface area (Å²) in [6, 6.07) is 0.339. The minimum atomic E-state index is -0.649. The lowest BCUT2D eigenvalue weighted by Gasteiger charge is -2.60. The Morgan fingerprint density at radius 2 is 2.31 bits per heavy atom. The average Bonchev–Trinajstić information content (AvgIpc) is 3.03. The van der Waals surface area contributed by atoms with Crippen LogP contribution in [0.3, 0.4) is 0 Å². The van der Waals surface area contributed by atoms with E-state index in [2.05, 4.69) is 34.6 Å². The maximum Gasteiger partial charge on any atom is 0.191 e. The molecular weight excluding hydrogens is 445 g/mol. The third-order valence-corrected chi connectivity index (χ3v) is 5.50. The molecule has 8 heteroatoms. The molecule has 0 radical (unpaired) electrons. The second-order valence-electron chi connectivity index (χ2n) is 7.72. The van der Waals surface area contributed by atoms with Crippen LogP contribution in [0.1, 0.15) is 45.3 Å². The average molecular weight is 477 g/mol. The first kappa shape index (κ1) is 21.4. The van der Waals surface area contributed by atoms with Crippen molar-refractivity contribution in [1.82, 2.24) is 20.4 Å². The van der Waals surface area contributed by atoms with E-state index in [1.165, 1.54) is 6.42 Å². The molecule has 0 spiro atoms. The maximum absolute atomic E-state index is 10.3. The van der Waals surface area contributed by atoms with Crippen LogP contribution in [0.25, 0.3) is 0 Å². The lowest BCUT2D eigenvalue weighted by atomic mass is 9.55. The highest BCUT2D eigenvalue weighted by atomic mass is 127. The number of guanidine groups is 1. The summed E-state index contributed by atoms with van der Waals surface area (Å²) in [6.07, 6.45) is 5.51. The topological polar surface area (TPSA) is 83.7 Å². The molecule has 7 nitrogen and oxygen atoms in total. The summed E-state index contributed by atoms with van der Waals surface area (Å²) in [5.41, 5.74) is 0.871. The largest absolute Gasteiger partial charge is 0.386 e. The molecule has 1 saturated heterocycles. The molecule has 26 heavy (non-hydrogen) atoms. The summed E-state index contributed by atoms with van der Waals surface area (Å²) >= 11 is 0. The minimum absolute atomic E-state index is 0. The molecule has 0 aromatic carbocycles. The number of aryl methyl sites for hydroxylation is 1. The van der Waals surface area contributed by atoms with Crippen LogP contribution < -0.4 is 10.6 Å². The van der Waals surface area contributed by atoms with E-state index in [-0.39, 0.29) is 29.4 Å². The van der Waals surface area contributed by atoms with E-state index in [0.29, 0.717) is 24.6 Å². The Morgan fingerprint density at radius 1 is 1.54 bits per heavy atom. The maximum atomic E-state index is 10.3. The number of hydrogen-bond donors (Lipinski definition) is 3. The van der Waals surface area contributed by atoms with E-state index in [0.717, 1.165) is 31.1 Å². The van der Waals surface area contributed by atoms with E-state index in [1.54, 1.807) is 10.9 Å². The van der Waals surface area contributed by atoms with Gasteiger partial charge in [-0.15, -0.1) is 24.0 Å². The summed E-state index contributed by atoms with van der Waals surface area (Å²) in [5.74, 6) is 1.29. The lowest BCUT2D eigenvalue weighted by molar-refractivity contribution is -0.188. The third-order valence-electron chi connectivity index (χ3n) is 5.50. The number of halogens is 1. The molecule has 148 valence electrons. The molecule has 1 aliphatic carbocycles. The summed E-state index contributed by atoms with van der Waals surface area (Å²) in [4.78, 5) is 4.59. The number of aliphatic hydroxyl groups excluding tert-OH is 1. The van der Waals surface area contributed by atoms with E-state index >= 15 is 0 Å². The number of rotatable bonds is 5. The van der Waals surface area contributed by atoms with Gasteiger partial charge in [0.25, 0.3) is 0 Å². The number of ether oxygens (including phenoxy) is 1. The van der Waals surface area contributed by atoms with Crippen LogP contribution in [-0.2, 0) is 11.8 Å². The molecule has 0 bridgehead atoms. The molecule has 4 unspecified atom stereocenters. The predicted molar refractivity (Wildman–Crippen MR) is 113 cm³/mol. The van der Waals surface area contributed by atoms with Crippen molar-refractivity contribution >= 4 is 29.9 Å². The van der Waals surface area contributed by atoms with Crippen molar-refractivity contribution in [3.05, 3.63) is 18.0 Å². The predicted octanol–water partition coefficient (Wildman–Crippen LogP) is 1.83. The molecule has 1 aliphatic heterocycles. The molecule has 4 atom stereocenters. The van der Waals surface area contributed by atoms with Crippen LogP contribution in [0.5, 0.6) is 0 Å². The first-order valence-corrected chi connectivity index (χ1v) is 9.26. The Labute approximate surface area is 173 Å². The molecule has 1 aromatic heterocycles. The minimum Gasteiger partial charge on any atom is -0.386 e. The first-order valence-electron chi connectivity index (χ1n) is 9.26. The van der Waals surface area contributed by atoms with Gasteiger partial charge in [0.05, 0.1) is 18.8 Å². The van der Waals surface area contributed by atoms with Gasteiger partial charge in [0.2, 0.25) is 0 Å². The smallest absolute Gasteiger partial charge is 0.191 e. The van der Waals surface area contributed by atoms with Crippen LogP contribution in [0.15, 0.2) is 17.4 Å². The molecule has 2 fully saturated rings. The molecule has 1 saturated carbocycles. The first-order chi connectivity index (χ1) is 11.9. The van der Waals surface area contributed by atoms with Crippen LogP contribution >= 0.6 is 24.0 Å². The zero-order valence-corrected chi connectivity index (χ0v) is 18.4. The standard InChI is InChI=1S/C18H31N5O2.HI/c1-5-19-17(20-10-14(24)12-9-21-23(4)11-12)22-15-13-7-6-8-25-16(13)18(15,2)3;/h9,11,13-16,24H,5-8,10H2,1-4H3,(H2,19,20,22);1H. The second kappa shape index (κ2) is 8.88. The number of nitrogens with one attached hydrogen (secondary N) is 2. The Kier molecular flexibility index (Phi) is 7.32. The van der Waals surface area contributed by atoms with Gasteiger partial charge in [0, 0.05) is 49.3 Å². The fraction of sp³-hybridized carbons (Fsp3) is 0.778. The van der Waals surface area contributed by atoms with Gasteiger partial charge in [-0.2, -0.15) is 5.10 Å². The number of fused-ring (bicyclic) bond motifs is 1. The number of nitrogens with zero attached hydrogens (tertiary/aromatic N) is 3. The highest BCUT2D eigenvalue weighted by Gasteiger charge is 2.58. The van der Waals surface area contributed by atoms with Crippen molar-refractivity contribution in [2.75, 3.05) is 19.7 Å². The summed E-state index contributed by atoms with van der Waals surface area (Å²) < 4.78 is 7.66. The van der Waals surface area contributed by atoms with Crippen molar-refractivity contribution in [3.63, 3.8) is 0 Å². The van der Waals surface area contributed by atoms with Gasteiger partial charge in [-0.3, -0.25) is 9.67 Å². The zero-order chi connectivity index (χ0) is 18.0. The number of aliphatic hydroxyl groups is 1. The Hall–Kier alpha value is -0.870. The van der Waals surface area contributed by atoms with Gasteiger partial charge < -0.3 is 20.5 Å². The lowest BCUT2D eigenvalue weighted by Crippen LogP contribution is -2.71. The Morgan fingerprint density at radius 3 is 2.96 bits per heavy atom. The molecule has 3 rings (SSSR count). The van der Waals surface area contributed by atoms with Gasteiger partial charge in [0.15, 0.2) is 5.96 Å². The highest BCUT2D eigenvalue weighted by molar-refractivity contribution is 14.0. The van der Waals surface area contributed by atoms with Crippen LogP contribution in [0.2, 0.25) is 0 Å². The van der Waals surface area contributed by atoms with Crippen molar-refractivity contribution in [3.8, 4) is 0 Å². The van der Waals surface area contributed by atoms with Crippen LogP contribution in [-0.4, -0.2) is 52.7 Å². The van der Waals surface area contributed by atoms with Crippen molar-refractivity contribution in [1.29, 1.82) is 0 Å². The van der Waals surface area contributed by atoms with Crippen molar-refractivity contribution < 1.29 is 9.84 Å². The van der Waals surface area contributed by atoms with E-state index < -0.39 is 6.10 Å². The van der Waals surface area contributed by atoms with E-state index in [4.69, 9.17) is 4.74 Å². The number of hydrogen-bond acceptors (Lipinski definition) is 4. The fourth-order valence-corrected chi connectivity index (χ4v) is 4.18. The van der Waals surface area contributed by atoms with Crippen molar-refractivity contribution in [2.24, 2.45) is 23.4 Å². The highest BCUT2D eigenvalue weighted by Crippen LogP contribution is 2.51. The van der Waals surface area contributed by atoms with E-state index in [1.807, 2.05) is 20.2 Å². The van der Waals surface area contributed by atoms with Gasteiger partial charge in [-0.1, -0.05) is 13.8 Å². The molecule has 1 aromatic rings. The fourth-order valence-electron chi connectivity index (χ4n) is 4.18. The molecule has 2 aliphatic rings. The SMILES string of the molecule is CCNC(=NCC(O)c1cnn(C)c1)NC1C2CCCOC2C1(C)C.I. The van der Waals surface area contributed by atoms with Gasteiger partial charge in [-0.05, 0) is 19.8 Å². The quantitative estimate of drug-likeness (QED) is 0.343. The number of aliphatic imine (C=N–C) groups is 1. The Bertz CT molecular complexity index is 618. The normalized spacial score (nSPS) is 28.3. The van der Waals surface area contributed by atoms with Gasteiger partial charge in [0.1, 0.15) is 6.10 Å². The van der Waals surface area contributed by atoms with Gasteiger partial charge in [-0.25, -0.2) is 0 Å². The monoisotopic (exact) mass is 477 g/mol. The second-order valence-corrected chi connectivity index (χ2v) is 7.72. The van der Waals surface area contributed by atoms with E-state index in [9.17, 15) is 5.11 Å². The number of aromatic nitrogens is 2. The molecule has 2 heterocycles. The molecule has 0 amide bonds.